The van der Waals surface area contributed by atoms with E-state index in [4.69, 9.17) is 4.74 Å². The smallest absolute Gasteiger partial charge is 0.339 e. The lowest BCUT2D eigenvalue weighted by atomic mass is 10.0. The maximum absolute atomic E-state index is 13.4. The summed E-state index contributed by atoms with van der Waals surface area (Å²) in [7, 11) is 1.31. The highest BCUT2D eigenvalue weighted by molar-refractivity contribution is 5.95. The van der Waals surface area contributed by atoms with Crippen LogP contribution in [-0.4, -0.2) is 13.1 Å². The fourth-order valence-corrected chi connectivity index (χ4v) is 2.26. The second-order valence-electron chi connectivity index (χ2n) is 4.91. The molecule has 0 heterocycles. The van der Waals surface area contributed by atoms with Crippen LogP contribution >= 0.6 is 0 Å². The molecule has 0 aromatic heterocycles. The molecule has 0 saturated carbocycles. The van der Waals surface area contributed by atoms with E-state index in [1.807, 2.05) is 32.0 Å². The van der Waals surface area contributed by atoms with E-state index in [-0.39, 0.29) is 0 Å². The number of ether oxygens (including phenoxy) is 1. The van der Waals surface area contributed by atoms with Gasteiger partial charge in [0.05, 0.1) is 18.4 Å². The molecule has 0 bridgehead atoms. The monoisotopic (exact) mass is 287 g/mol. The van der Waals surface area contributed by atoms with Crippen molar-refractivity contribution in [3.05, 3.63) is 64.5 Å². The van der Waals surface area contributed by atoms with Gasteiger partial charge in [0.25, 0.3) is 0 Å². The third kappa shape index (κ3) is 3.40. The lowest BCUT2D eigenvalue weighted by Crippen LogP contribution is -2.10. The molecule has 0 amide bonds. The molecule has 3 nitrogen and oxygen atoms in total. The van der Waals surface area contributed by atoms with Gasteiger partial charge in [0.2, 0.25) is 0 Å². The van der Waals surface area contributed by atoms with Gasteiger partial charge < -0.3 is 10.1 Å². The molecular weight excluding hydrogens is 269 g/mol. The molecule has 0 saturated heterocycles. The highest BCUT2D eigenvalue weighted by Crippen LogP contribution is 2.21. The van der Waals surface area contributed by atoms with Crippen molar-refractivity contribution in [2.24, 2.45) is 0 Å². The summed E-state index contributed by atoms with van der Waals surface area (Å²) in [6, 6.07) is 10.0. The molecule has 0 unspecified atom stereocenters. The molecule has 2 rings (SSSR count). The molecule has 0 aliphatic rings. The van der Waals surface area contributed by atoms with Crippen LogP contribution in [0.25, 0.3) is 0 Å². The first-order chi connectivity index (χ1) is 10.0. The first kappa shape index (κ1) is 15.0. The number of carbonyl (C=O) groups excluding carboxylic acids is 1. The second kappa shape index (κ2) is 6.39. The number of halogens is 1. The van der Waals surface area contributed by atoms with E-state index in [0.29, 0.717) is 17.8 Å². The number of hydrogen-bond donors (Lipinski definition) is 1. The van der Waals surface area contributed by atoms with E-state index < -0.39 is 11.8 Å². The fourth-order valence-electron chi connectivity index (χ4n) is 2.26. The number of nitrogens with one attached hydrogen (secondary N) is 1. The summed E-state index contributed by atoms with van der Waals surface area (Å²) in [6.07, 6.45) is 0. The summed E-state index contributed by atoms with van der Waals surface area (Å²) in [4.78, 5) is 11.7. The molecule has 21 heavy (non-hydrogen) atoms. The average molecular weight is 287 g/mol. The largest absolute Gasteiger partial charge is 0.465 e. The summed E-state index contributed by atoms with van der Waals surface area (Å²) in [5, 5.41) is 3.13. The molecule has 0 radical (unpaired) electrons. The van der Waals surface area contributed by atoms with Crippen molar-refractivity contribution in [2.45, 2.75) is 20.4 Å². The number of hydrogen-bond acceptors (Lipinski definition) is 3. The van der Waals surface area contributed by atoms with E-state index >= 15 is 0 Å². The molecule has 0 atom stereocenters. The summed E-state index contributed by atoms with van der Waals surface area (Å²) >= 11 is 0. The molecule has 0 fully saturated rings. The molecule has 2 aromatic rings. The molecule has 4 heteroatoms. The summed E-state index contributed by atoms with van der Waals surface area (Å²) in [5.41, 5.74) is 4.20. The third-order valence-electron chi connectivity index (χ3n) is 3.49. The van der Waals surface area contributed by atoms with Gasteiger partial charge in [-0.1, -0.05) is 18.2 Å². The Morgan fingerprint density at radius 3 is 2.48 bits per heavy atom. The van der Waals surface area contributed by atoms with Crippen molar-refractivity contribution in [3.63, 3.8) is 0 Å². The molecule has 110 valence electrons. The molecule has 0 spiro atoms. The molecule has 0 aliphatic carbocycles. The fraction of sp³-hybridized carbons (Fsp3) is 0.235. The van der Waals surface area contributed by atoms with Crippen LogP contribution in [0.5, 0.6) is 0 Å². The van der Waals surface area contributed by atoms with Crippen molar-refractivity contribution in [3.8, 4) is 0 Å². The quantitative estimate of drug-likeness (QED) is 0.868. The normalized spacial score (nSPS) is 10.3. The van der Waals surface area contributed by atoms with E-state index in [2.05, 4.69) is 5.32 Å². The first-order valence-electron chi connectivity index (χ1n) is 6.69. The second-order valence-corrected chi connectivity index (χ2v) is 4.91. The van der Waals surface area contributed by atoms with Gasteiger partial charge >= 0.3 is 5.97 Å². The Morgan fingerprint density at radius 2 is 1.86 bits per heavy atom. The van der Waals surface area contributed by atoms with Gasteiger partial charge in [0.15, 0.2) is 0 Å². The summed E-state index contributed by atoms with van der Waals surface area (Å²) in [5.74, 6) is -0.884. The van der Waals surface area contributed by atoms with E-state index in [1.165, 1.54) is 25.3 Å². The van der Waals surface area contributed by atoms with Crippen LogP contribution in [0, 0.1) is 19.7 Å². The zero-order valence-corrected chi connectivity index (χ0v) is 12.4. The Hall–Kier alpha value is -2.36. The van der Waals surface area contributed by atoms with Gasteiger partial charge in [-0.15, -0.1) is 0 Å². The van der Waals surface area contributed by atoms with Gasteiger partial charge in [-0.2, -0.15) is 0 Å². The Labute approximate surface area is 123 Å². The summed E-state index contributed by atoms with van der Waals surface area (Å²) < 4.78 is 18.1. The number of aryl methyl sites for hydroxylation is 2. The Kier molecular flexibility index (Phi) is 4.58. The molecule has 0 aliphatic heterocycles. The Balaban J connectivity index is 2.27. The van der Waals surface area contributed by atoms with Gasteiger partial charge in [-0.25, -0.2) is 9.18 Å². The molecule has 2 aromatic carbocycles. The van der Waals surface area contributed by atoms with Crippen molar-refractivity contribution >= 4 is 11.7 Å². The molecular formula is C17H18FNO2. The number of benzene rings is 2. The van der Waals surface area contributed by atoms with Crippen LogP contribution < -0.4 is 5.32 Å². The Bertz CT molecular complexity index is 648. The topological polar surface area (TPSA) is 38.3 Å². The predicted octanol–water partition coefficient (Wildman–Crippen LogP) is 3.84. The number of anilines is 1. The third-order valence-corrected chi connectivity index (χ3v) is 3.49. The van der Waals surface area contributed by atoms with Crippen molar-refractivity contribution in [1.29, 1.82) is 0 Å². The van der Waals surface area contributed by atoms with Gasteiger partial charge in [-0.3, -0.25) is 0 Å². The number of methoxy groups -OCH3 is 1. The highest BCUT2D eigenvalue weighted by Gasteiger charge is 2.13. The van der Waals surface area contributed by atoms with Crippen LogP contribution in [0.2, 0.25) is 0 Å². The lowest BCUT2D eigenvalue weighted by molar-refractivity contribution is 0.0602. The van der Waals surface area contributed by atoms with Crippen LogP contribution in [0.1, 0.15) is 27.0 Å². The standard InChI is InChI=1S/C17H18FNO2/c1-11-5-4-6-12(2)15(11)10-19-16-9-13(18)7-8-14(16)17(20)21-3/h4-9,19H,10H2,1-3H3. The number of rotatable bonds is 4. The predicted molar refractivity (Wildman–Crippen MR) is 81.0 cm³/mol. The lowest BCUT2D eigenvalue weighted by Gasteiger charge is -2.14. The zero-order chi connectivity index (χ0) is 15.4. The minimum atomic E-state index is -0.487. The highest BCUT2D eigenvalue weighted by atomic mass is 19.1. The minimum Gasteiger partial charge on any atom is -0.465 e. The zero-order valence-electron chi connectivity index (χ0n) is 12.4. The van der Waals surface area contributed by atoms with Crippen LogP contribution in [0.4, 0.5) is 10.1 Å². The SMILES string of the molecule is COC(=O)c1ccc(F)cc1NCc1c(C)cccc1C. The van der Waals surface area contributed by atoms with Crippen LogP contribution in [0.15, 0.2) is 36.4 Å². The van der Waals surface area contributed by atoms with E-state index in [9.17, 15) is 9.18 Å². The van der Waals surface area contributed by atoms with Crippen molar-refractivity contribution in [2.75, 3.05) is 12.4 Å². The maximum Gasteiger partial charge on any atom is 0.339 e. The van der Waals surface area contributed by atoms with Gasteiger partial charge in [0, 0.05) is 6.54 Å². The van der Waals surface area contributed by atoms with Gasteiger partial charge in [0.1, 0.15) is 5.82 Å². The van der Waals surface area contributed by atoms with Gasteiger partial charge in [-0.05, 0) is 48.7 Å². The summed E-state index contributed by atoms with van der Waals surface area (Å²) in [6.45, 7) is 4.57. The maximum atomic E-state index is 13.4. The van der Waals surface area contributed by atoms with Crippen molar-refractivity contribution in [1.82, 2.24) is 0 Å². The van der Waals surface area contributed by atoms with Crippen LogP contribution in [-0.2, 0) is 11.3 Å². The number of carbonyl (C=O) groups is 1. The minimum absolute atomic E-state index is 0.324. The molecule has 1 N–H and O–H groups in total. The average Bonchev–Trinajstić information content (AvgIpc) is 2.46. The van der Waals surface area contributed by atoms with Crippen LogP contribution in [0.3, 0.4) is 0 Å². The van der Waals surface area contributed by atoms with E-state index in [0.717, 1.165) is 16.7 Å². The van der Waals surface area contributed by atoms with E-state index in [1.54, 1.807) is 0 Å². The number of esters is 1. The first-order valence-corrected chi connectivity index (χ1v) is 6.69. The Morgan fingerprint density at radius 1 is 1.19 bits per heavy atom. The van der Waals surface area contributed by atoms with Crippen molar-refractivity contribution < 1.29 is 13.9 Å².